The number of hydrogen-bond acceptors (Lipinski definition) is 3. The quantitative estimate of drug-likeness (QED) is 0.813. The van der Waals surface area contributed by atoms with Gasteiger partial charge in [0, 0.05) is 43.3 Å². The molecular formula is C19H20ClFN2O2. The van der Waals surface area contributed by atoms with Gasteiger partial charge >= 0.3 is 0 Å². The number of piperidine rings is 1. The highest BCUT2D eigenvalue weighted by molar-refractivity contribution is 6.30. The van der Waals surface area contributed by atoms with Crippen molar-refractivity contribution in [2.75, 3.05) is 19.7 Å². The summed E-state index contributed by atoms with van der Waals surface area (Å²) in [6.45, 7) is 1.13. The summed E-state index contributed by atoms with van der Waals surface area (Å²) < 4.78 is 20.6. The predicted molar refractivity (Wildman–Crippen MR) is 93.9 cm³/mol. The summed E-state index contributed by atoms with van der Waals surface area (Å²) in [5, 5.41) is 0.589. The lowest BCUT2D eigenvalue weighted by molar-refractivity contribution is -0.139. The molecule has 0 spiro atoms. The van der Waals surface area contributed by atoms with Crippen LogP contribution in [-0.4, -0.2) is 35.5 Å². The second kappa shape index (κ2) is 7.93. The lowest BCUT2D eigenvalue weighted by Crippen LogP contribution is -2.44. The van der Waals surface area contributed by atoms with Gasteiger partial charge in [0.25, 0.3) is 0 Å². The molecule has 0 atom stereocenters. The highest BCUT2D eigenvalue weighted by Crippen LogP contribution is 2.37. The molecule has 2 aromatic rings. The Morgan fingerprint density at radius 3 is 2.44 bits per heavy atom. The van der Waals surface area contributed by atoms with Crippen LogP contribution in [0.3, 0.4) is 0 Å². The molecule has 1 aliphatic heterocycles. The number of hydrogen-bond donors (Lipinski definition) is 0. The van der Waals surface area contributed by atoms with Gasteiger partial charge in [-0.15, -0.1) is 0 Å². The van der Waals surface area contributed by atoms with Gasteiger partial charge in [-0.3, -0.25) is 9.78 Å². The Kier molecular flexibility index (Phi) is 5.66. The zero-order valence-corrected chi connectivity index (χ0v) is 14.6. The highest BCUT2D eigenvalue weighted by Gasteiger charge is 2.37. The second-order valence-electron chi connectivity index (χ2n) is 6.20. The van der Waals surface area contributed by atoms with E-state index in [-0.39, 0.29) is 25.4 Å². The smallest absolute Gasteiger partial charge is 0.248 e. The van der Waals surface area contributed by atoms with Crippen LogP contribution in [0.5, 0.6) is 0 Å². The van der Waals surface area contributed by atoms with Gasteiger partial charge in [-0.2, -0.15) is 0 Å². The Morgan fingerprint density at radius 1 is 1.16 bits per heavy atom. The highest BCUT2D eigenvalue weighted by atomic mass is 35.5. The van der Waals surface area contributed by atoms with Crippen molar-refractivity contribution < 1.29 is 13.9 Å². The van der Waals surface area contributed by atoms with Crippen LogP contribution >= 0.6 is 11.6 Å². The zero-order chi connectivity index (χ0) is 17.7. The van der Waals surface area contributed by atoms with E-state index in [2.05, 4.69) is 4.98 Å². The topological polar surface area (TPSA) is 42.4 Å². The molecule has 1 aromatic carbocycles. The molecule has 0 bridgehead atoms. The van der Waals surface area contributed by atoms with Crippen LogP contribution in [0.1, 0.15) is 24.0 Å². The van der Waals surface area contributed by atoms with Crippen LogP contribution in [0.15, 0.2) is 48.8 Å². The Labute approximate surface area is 151 Å². The van der Waals surface area contributed by atoms with Gasteiger partial charge < -0.3 is 9.64 Å². The fourth-order valence-corrected chi connectivity index (χ4v) is 3.10. The van der Waals surface area contributed by atoms with Crippen molar-refractivity contribution in [1.29, 1.82) is 0 Å². The van der Waals surface area contributed by atoms with E-state index in [4.69, 9.17) is 16.3 Å². The molecule has 6 heteroatoms. The number of carbonyl (C=O) groups excluding carboxylic acids is 1. The SMILES string of the molecule is O=C(COCc1ccncc1)N1CCC(F)(c2ccc(Cl)cc2)CC1. The first kappa shape index (κ1) is 17.8. The Morgan fingerprint density at radius 2 is 1.80 bits per heavy atom. The zero-order valence-electron chi connectivity index (χ0n) is 13.8. The lowest BCUT2D eigenvalue weighted by Gasteiger charge is -2.36. The maximum absolute atomic E-state index is 15.1. The van der Waals surface area contributed by atoms with Gasteiger partial charge in [0.1, 0.15) is 12.3 Å². The number of halogens is 2. The van der Waals surface area contributed by atoms with Gasteiger partial charge in [-0.1, -0.05) is 23.7 Å². The number of ether oxygens (including phenoxy) is 1. The number of likely N-dealkylation sites (tertiary alicyclic amines) is 1. The van der Waals surface area contributed by atoms with Crippen molar-refractivity contribution in [3.05, 3.63) is 64.9 Å². The molecule has 1 saturated heterocycles. The molecule has 1 amide bonds. The van der Waals surface area contributed by atoms with Gasteiger partial charge in [-0.25, -0.2) is 4.39 Å². The first-order chi connectivity index (χ1) is 12.1. The average Bonchev–Trinajstić information content (AvgIpc) is 2.63. The van der Waals surface area contributed by atoms with Crippen LogP contribution in [0.2, 0.25) is 5.02 Å². The van der Waals surface area contributed by atoms with Gasteiger partial charge in [0.15, 0.2) is 0 Å². The van der Waals surface area contributed by atoms with Crippen LogP contribution in [0.25, 0.3) is 0 Å². The largest absolute Gasteiger partial charge is 0.367 e. The van der Waals surface area contributed by atoms with Crippen LogP contribution in [0.4, 0.5) is 4.39 Å². The minimum Gasteiger partial charge on any atom is -0.367 e. The van der Waals surface area contributed by atoms with Crippen molar-refractivity contribution >= 4 is 17.5 Å². The lowest BCUT2D eigenvalue weighted by atomic mass is 9.86. The Bertz CT molecular complexity index is 701. The number of amides is 1. The van der Waals surface area contributed by atoms with Crippen molar-refractivity contribution in [3.8, 4) is 0 Å². The number of nitrogens with zero attached hydrogens (tertiary/aromatic N) is 2. The maximum atomic E-state index is 15.1. The molecule has 0 N–H and O–H groups in total. The molecule has 0 saturated carbocycles. The molecule has 1 aromatic heterocycles. The van der Waals surface area contributed by atoms with E-state index in [0.29, 0.717) is 30.3 Å². The fourth-order valence-electron chi connectivity index (χ4n) is 2.97. The average molecular weight is 363 g/mol. The summed E-state index contributed by atoms with van der Waals surface area (Å²) in [5.74, 6) is -0.104. The molecular weight excluding hydrogens is 343 g/mol. The third-order valence-corrected chi connectivity index (χ3v) is 4.77. The van der Waals surface area contributed by atoms with Crippen molar-refractivity contribution in [3.63, 3.8) is 0 Å². The maximum Gasteiger partial charge on any atom is 0.248 e. The molecule has 1 aliphatic rings. The fraction of sp³-hybridized carbons (Fsp3) is 0.368. The molecule has 25 heavy (non-hydrogen) atoms. The molecule has 3 rings (SSSR count). The van der Waals surface area contributed by atoms with E-state index in [1.807, 2.05) is 12.1 Å². The first-order valence-electron chi connectivity index (χ1n) is 8.26. The van der Waals surface area contributed by atoms with E-state index >= 15 is 4.39 Å². The van der Waals surface area contributed by atoms with Crippen LogP contribution in [-0.2, 0) is 21.8 Å². The number of aromatic nitrogens is 1. The summed E-state index contributed by atoms with van der Waals surface area (Å²) >= 11 is 5.86. The Balaban J connectivity index is 1.48. The minimum atomic E-state index is -1.40. The molecule has 2 heterocycles. The van der Waals surface area contributed by atoms with Gasteiger partial charge in [0.05, 0.1) is 6.61 Å². The predicted octanol–water partition coefficient (Wildman–Crippen LogP) is 3.74. The van der Waals surface area contributed by atoms with Crippen LogP contribution in [0, 0.1) is 0 Å². The Hall–Kier alpha value is -1.98. The molecule has 0 radical (unpaired) electrons. The van der Waals surface area contributed by atoms with E-state index < -0.39 is 5.67 Å². The number of alkyl halides is 1. The summed E-state index contributed by atoms with van der Waals surface area (Å²) in [7, 11) is 0. The van der Waals surface area contributed by atoms with Gasteiger partial charge in [0.2, 0.25) is 5.91 Å². The molecule has 132 valence electrons. The number of rotatable bonds is 5. The first-order valence-corrected chi connectivity index (χ1v) is 8.64. The summed E-state index contributed by atoms with van der Waals surface area (Å²) in [4.78, 5) is 17.8. The molecule has 4 nitrogen and oxygen atoms in total. The summed E-state index contributed by atoms with van der Waals surface area (Å²) in [6.07, 6.45) is 3.93. The number of benzene rings is 1. The second-order valence-corrected chi connectivity index (χ2v) is 6.64. The van der Waals surface area contributed by atoms with Crippen LogP contribution < -0.4 is 0 Å². The standard InChI is InChI=1S/C19H20ClFN2O2/c20-17-3-1-16(2-4-17)19(21)7-11-23(12-8-19)18(24)14-25-13-15-5-9-22-10-6-15/h1-6,9-10H,7-8,11-14H2. The van der Waals surface area contributed by atoms with E-state index in [1.54, 1.807) is 41.6 Å². The van der Waals surface area contributed by atoms with E-state index in [1.165, 1.54) is 0 Å². The summed E-state index contributed by atoms with van der Waals surface area (Å²) in [5.41, 5.74) is 0.184. The third kappa shape index (κ3) is 4.55. The molecule has 0 unspecified atom stereocenters. The van der Waals surface area contributed by atoms with Crippen molar-refractivity contribution in [2.24, 2.45) is 0 Å². The van der Waals surface area contributed by atoms with Crippen molar-refractivity contribution in [2.45, 2.75) is 25.1 Å². The molecule has 1 fully saturated rings. The molecule has 0 aliphatic carbocycles. The summed E-state index contributed by atoms with van der Waals surface area (Å²) in [6, 6.07) is 10.5. The van der Waals surface area contributed by atoms with E-state index in [0.717, 1.165) is 5.56 Å². The van der Waals surface area contributed by atoms with E-state index in [9.17, 15) is 4.79 Å². The normalized spacial score (nSPS) is 16.6. The monoisotopic (exact) mass is 362 g/mol. The van der Waals surface area contributed by atoms with Crippen molar-refractivity contribution in [1.82, 2.24) is 9.88 Å². The third-order valence-electron chi connectivity index (χ3n) is 4.51. The number of pyridine rings is 1. The minimum absolute atomic E-state index is 0.00253. The number of carbonyl (C=O) groups is 1. The van der Waals surface area contributed by atoms with Gasteiger partial charge in [-0.05, 0) is 35.4 Å².